The number of sulfonamides is 1. The first-order valence-electron chi connectivity index (χ1n) is 12.6. The summed E-state index contributed by atoms with van der Waals surface area (Å²) in [6.45, 7) is 7.24. The zero-order chi connectivity index (χ0) is 24.7. The fourth-order valence-electron chi connectivity index (χ4n) is 5.27. The van der Waals surface area contributed by atoms with Crippen molar-refractivity contribution < 1.29 is 13.2 Å². The Balaban J connectivity index is 1.63. The number of nitrogens with one attached hydrogen (secondary N) is 1. The van der Waals surface area contributed by atoms with E-state index in [1.165, 1.54) is 0 Å². The number of fused-ring (bicyclic) bond motifs is 1. The molecule has 0 unspecified atom stereocenters. The van der Waals surface area contributed by atoms with E-state index in [-0.39, 0.29) is 22.2 Å². The van der Waals surface area contributed by atoms with Gasteiger partial charge < -0.3 is 9.72 Å². The van der Waals surface area contributed by atoms with Crippen LogP contribution in [0.5, 0.6) is 5.75 Å². The summed E-state index contributed by atoms with van der Waals surface area (Å²) in [6.07, 6.45) is 6.01. The number of aromatic nitrogens is 4. The molecule has 3 heterocycles. The Bertz CT molecular complexity index is 1400. The van der Waals surface area contributed by atoms with E-state index in [2.05, 4.69) is 11.9 Å². The number of ether oxygens (including phenoxy) is 1. The molecule has 1 aliphatic heterocycles. The average Bonchev–Trinajstić information content (AvgIpc) is 3.48. The van der Waals surface area contributed by atoms with Crippen LogP contribution in [-0.2, 0) is 10.0 Å². The number of H-pyrrole nitrogens is 1. The Morgan fingerprint density at radius 2 is 1.86 bits per heavy atom. The summed E-state index contributed by atoms with van der Waals surface area (Å²) in [5.41, 5.74) is 1.22. The fraction of sp³-hybridized carbons (Fsp3) is 0.560. The summed E-state index contributed by atoms with van der Waals surface area (Å²) < 4.78 is 35.9. The van der Waals surface area contributed by atoms with Gasteiger partial charge in [-0.15, -0.1) is 5.10 Å². The molecule has 1 N–H and O–H groups in total. The number of piperidine rings is 1. The Labute approximate surface area is 205 Å². The number of nitrogens with zero attached hydrogens (tertiary/aromatic N) is 4. The minimum atomic E-state index is -3.68. The maximum atomic E-state index is 13.4. The van der Waals surface area contributed by atoms with Gasteiger partial charge in [0.25, 0.3) is 5.56 Å². The Kier molecular flexibility index (Phi) is 6.43. The molecule has 0 bridgehead atoms. The van der Waals surface area contributed by atoms with Gasteiger partial charge in [-0.3, -0.25) is 4.79 Å². The zero-order valence-corrected chi connectivity index (χ0v) is 21.4. The molecule has 5 rings (SSSR count). The van der Waals surface area contributed by atoms with Crippen molar-refractivity contribution in [1.29, 1.82) is 0 Å². The first-order chi connectivity index (χ1) is 16.8. The van der Waals surface area contributed by atoms with E-state index in [9.17, 15) is 13.2 Å². The molecule has 2 aliphatic rings. The number of hydrogen-bond acceptors (Lipinski definition) is 6. The van der Waals surface area contributed by atoms with E-state index in [1.54, 1.807) is 27.0 Å². The SMILES string of the molecule is CCOc1ccc(S(=O)(=O)N2CCC(C)CC2)cc1-c1nn2c(C3CCCC3)nc(C)c2c(=O)[nH]1. The van der Waals surface area contributed by atoms with Crippen molar-refractivity contribution in [1.82, 2.24) is 23.9 Å². The molecule has 9 nitrogen and oxygen atoms in total. The van der Waals surface area contributed by atoms with Crippen LogP contribution in [-0.4, -0.2) is 52.0 Å². The van der Waals surface area contributed by atoms with Gasteiger partial charge >= 0.3 is 0 Å². The molecule has 0 spiro atoms. The lowest BCUT2D eigenvalue weighted by Crippen LogP contribution is -2.37. The van der Waals surface area contributed by atoms with Crippen molar-refractivity contribution in [3.8, 4) is 17.1 Å². The van der Waals surface area contributed by atoms with Crippen LogP contribution in [0.1, 0.15) is 69.8 Å². The summed E-state index contributed by atoms with van der Waals surface area (Å²) >= 11 is 0. The summed E-state index contributed by atoms with van der Waals surface area (Å²) in [4.78, 5) is 20.9. The van der Waals surface area contributed by atoms with Crippen LogP contribution >= 0.6 is 0 Å². The summed E-state index contributed by atoms with van der Waals surface area (Å²) in [7, 11) is -3.68. The van der Waals surface area contributed by atoms with Crippen molar-refractivity contribution in [2.45, 2.75) is 70.1 Å². The van der Waals surface area contributed by atoms with E-state index in [0.717, 1.165) is 44.3 Å². The van der Waals surface area contributed by atoms with E-state index in [1.807, 2.05) is 13.8 Å². The molecule has 2 fully saturated rings. The van der Waals surface area contributed by atoms with Gasteiger partial charge in [0, 0.05) is 19.0 Å². The number of aryl methyl sites for hydroxylation is 1. The van der Waals surface area contributed by atoms with E-state index < -0.39 is 10.0 Å². The first-order valence-corrected chi connectivity index (χ1v) is 14.0. The minimum absolute atomic E-state index is 0.172. The molecule has 1 aromatic carbocycles. The molecule has 1 aliphatic carbocycles. The molecular formula is C25H33N5O4S. The number of aromatic amines is 1. The quantitative estimate of drug-likeness (QED) is 0.551. The number of hydrogen-bond donors (Lipinski definition) is 1. The highest BCUT2D eigenvalue weighted by Crippen LogP contribution is 2.35. The maximum absolute atomic E-state index is 13.4. The van der Waals surface area contributed by atoms with Crippen LogP contribution in [0.25, 0.3) is 16.9 Å². The van der Waals surface area contributed by atoms with Gasteiger partial charge in [0.2, 0.25) is 10.0 Å². The lowest BCUT2D eigenvalue weighted by molar-refractivity contribution is 0.288. The first kappa shape index (κ1) is 24.0. The highest BCUT2D eigenvalue weighted by molar-refractivity contribution is 7.89. The van der Waals surface area contributed by atoms with Gasteiger partial charge in [-0.05, 0) is 63.6 Å². The van der Waals surface area contributed by atoms with E-state index >= 15 is 0 Å². The molecule has 10 heteroatoms. The molecule has 2 aromatic heterocycles. The van der Waals surface area contributed by atoms with Crippen LogP contribution in [0.3, 0.4) is 0 Å². The van der Waals surface area contributed by atoms with E-state index in [4.69, 9.17) is 14.8 Å². The summed E-state index contributed by atoms with van der Waals surface area (Å²) in [5, 5.41) is 4.77. The van der Waals surface area contributed by atoms with Gasteiger partial charge in [-0.1, -0.05) is 19.8 Å². The predicted molar refractivity (Wildman–Crippen MR) is 133 cm³/mol. The molecular weight excluding hydrogens is 466 g/mol. The summed E-state index contributed by atoms with van der Waals surface area (Å²) in [5.74, 6) is 2.32. The molecule has 3 aromatic rings. The van der Waals surface area contributed by atoms with Crippen molar-refractivity contribution >= 4 is 15.5 Å². The average molecular weight is 500 g/mol. The largest absolute Gasteiger partial charge is 0.493 e. The molecule has 0 radical (unpaired) electrons. The van der Waals surface area contributed by atoms with Crippen LogP contribution in [0.15, 0.2) is 27.9 Å². The molecule has 188 valence electrons. The summed E-state index contributed by atoms with van der Waals surface area (Å²) in [6, 6.07) is 4.80. The second-order valence-electron chi connectivity index (χ2n) is 9.78. The third-order valence-electron chi connectivity index (χ3n) is 7.31. The molecule has 0 amide bonds. The van der Waals surface area contributed by atoms with Gasteiger partial charge in [0.1, 0.15) is 11.6 Å². The van der Waals surface area contributed by atoms with E-state index in [0.29, 0.717) is 48.1 Å². The standard InChI is InChI=1S/C25H33N5O4S/c1-4-34-21-10-9-19(35(32,33)29-13-11-16(2)12-14-29)15-20(21)23-27-25(31)22-17(3)26-24(30(22)28-23)18-7-5-6-8-18/h9-10,15-16,18H,4-8,11-14H2,1-3H3,(H,27,28,31). The van der Waals surface area contributed by atoms with Crippen molar-refractivity contribution in [3.63, 3.8) is 0 Å². The topological polar surface area (TPSA) is 110 Å². The second-order valence-corrected chi connectivity index (χ2v) is 11.7. The maximum Gasteiger partial charge on any atom is 0.277 e. The van der Waals surface area contributed by atoms with Gasteiger partial charge in [0.05, 0.1) is 22.8 Å². The number of rotatable bonds is 6. The third kappa shape index (κ3) is 4.38. The fourth-order valence-corrected chi connectivity index (χ4v) is 6.77. The van der Waals surface area contributed by atoms with Gasteiger partial charge in [0.15, 0.2) is 11.3 Å². The van der Waals surface area contributed by atoms with Crippen LogP contribution < -0.4 is 10.3 Å². The lowest BCUT2D eigenvalue weighted by atomic mass is 10.0. The predicted octanol–water partition coefficient (Wildman–Crippen LogP) is 3.87. The van der Waals surface area contributed by atoms with Gasteiger partial charge in [-0.25, -0.2) is 17.9 Å². The van der Waals surface area contributed by atoms with Crippen molar-refractivity contribution in [2.24, 2.45) is 5.92 Å². The molecule has 35 heavy (non-hydrogen) atoms. The number of benzene rings is 1. The highest BCUT2D eigenvalue weighted by Gasteiger charge is 2.30. The molecule has 1 saturated carbocycles. The van der Waals surface area contributed by atoms with Crippen LogP contribution in [0.4, 0.5) is 0 Å². The van der Waals surface area contributed by atoms with Gasteiger partial charge in [-0.2, -0.15) is 4.31 Å². The Morgan fingerprint density at radius 1 is 1.14 bits per heavy atom. The Hall–Kier alpha value is -2.72. The van der Waals surface area contributed by atoms with Crippen LogP contribution in [0, 0.1) is 12.8 Å². The number of imidazole rings is 1. The van der Waals surface area contributed by atoms with Crippen molar-refractivity contribution in [3.05, 3.63) is 40.1 Å². The lowest BCUT2D eigenvalue weighted by Gasteiger charge is -2.29. The zero-order valence-electron chi connectivity index (χ0n) is 20.6. The van der Waals surface area contributed by atoms with Crippen LogP contribution in [0.2, 0.25) is 0 Å². The normalized spacial score (nSPS) is 18.5. The third-order valence-corrected chi connectivity index (χ3v) is 9.20. The Morgan fingerprint density at radius 3 is 2.54 bits per heavy atom. The van der Waals surface area contributed by atoms with Crippen molar-refractivity contribution in [2.75, 3.05) is 19.7 Å². The minimum Gasteiger partial charge on any atom is -0.493 e. The molecule has 1 saturated heterocycles. The molecule has 0 atom stereocenters. The monoisotopic (exact) mass is 499 g/mol. The highest BCUT2D eigenvalue weighted by atomic mass is 32.2. The second kappa shape index (κ2) is 9.39. The smallest absolute Gasteiger partial charge is 0.277 e.